The fourth-order valence-corrected chi connectivity index (χ4v) is 3.63. The van der Waals surface area contributed by atoms with Crippen molar-refractivity contribution in [1.29, 1.82) is 0 Å². The van der Waals surface area contributed by atoms with Gasteiger partial charge in [-0.1, -0.05) is 24.3 Å². The Kier molecular flexibility index (Phi) is 8.35. The zero-order valence-electron chi connectivity index (χ0n) is 20.0. The first-order chi connectivity index (χ1) is 15.9. The molecule has 0 aliphatic heterocycles. The summed E-state index contributed by atoms with van der Waals surface area (Å²) in [5.74, 6) is 2.35. The van der Waals surface area contributed by atoms with Crippen molar-refractivity contribution in [3.8, 4) is 11.5 Å². The highest BCUT2D eigenvalue weighted by Crippen LogP contribution is 2.24. The summed E-state index contributed by atoms with van der Waals surface area (Å²) in [7, 11) is 3.54. The van der Waals surface area contributed by atoms with E-state index in [4.69, 9.17) is 9.47 Å². The van der Waals surface area contributed by atoms with Crippen LogP contribution in [0, 0.1) is 0 Å². The van der Waals surface area contributed by atoms with Gasteiger partial charge < -0.3 is 24.7 Å². The number of imidazole rings is 1. The van der Waals surface area contributed by atoms with Crippen molar-refractivity contribution in [2.24, 2.45) is 7.05 Å². The molecule has 1 aromatic heterocycles. The van der Waals surface area contributed by atoms with Crippen molar-refractivity contribution in [3.05, 3.63) is 77.9 Å². The Labute approximate surface area is 196 Å². The fourth-order valence-electron chi connectivity index (χ4n) is 3.63. The van der Waals surface area contributed by atoms with E-state index in [1.54, 1.807) is 13.3 Å². The largest absolute Gasteiger partial charge is 0.497 e. The molecule has 2 aromatic carbocycles. The molecular formula is C26H34N4O3. The van der Waals surface area contributed by atoms with Gasteiger partial charge in [-0.2, -0.15) is 0 Å². The van der Waals surface area contributed by atoms with Crippen molar-refractivity contribution in [3.63, 3.8) is 0 Å². The van der Waals surface area contributed by atoms with Crippen molar-refractivity contribution >= 4 is 6.03 Å². The molecule has 176 valence electrons. The van der Waals surface area contributed by atoms with Crippen LogP contribution in [0.4, 0.5) is 4.79 Å². The predicted octanol–water partition coefficient (Wildman–Crippen LogP) is 4.63. The van der Waals surface area contributed by atoms with E-state index in [9.17, 15) is 4.79 Å². The third kappa shape index (κ3) is 7.00. The number of carbonyl (C=O) groups is 1. The number of rotatable bonds is 10. The molecule has 0 aliphatic carbocycles. The molecule has 0 spiro atoms. The first-order valence-corrected chi connectivity index (χ1v) is 11.3. The molecule has 7 heteroatoms. The normalized spacial score (nSPS) is 12.8. The lowest BCUT2D eigenvalue weighted by molar-refractivity contribution is 0.234. The molecule has 7 nitrogen and oxygen atoms in total. The van der Waals surface area contributed by atoms with Crippen molar-refractivity contribution in [1.82, 2.24) is 20.2 Å². The van der Waals surface area contributed by atoms with Crippen LogP contribution >= 0.6 is 0 Å². The average Bonchev–Trinajstić information content (AvgIpc) is 3.22. The molecule has 2 N–H and O–H groups in total. The lowest BCUT2D eigenvalue weighted by atomic mass is 10.1. The second-order valence-corrected chi connectivity index (χ2v) is 8.47. The van der Waals surface area contributed by atoms with Crippen molar-refractivity contribution in [2.45, 2.75) is 51.8 Å². The number of aromatic nitrogens is 2. The molecule has 3 rings (SSSR count). The van der Waals surface area contributed by atoms with Crippen molar-refractivity contribution in [2.75, 3.05) is 7.11 Å². The molecule has 0 radical (unpaired) electrons. The lowest BCUT2D eigenvalue weighted by Gasteiger charge is -2.22. The molecule has 0 fully saturated rings. The number of urea groups is 1. The smallest absolute Gasteiger partial charge is 0.315 e. The Bertz CT molecular complexity index is 1030. The van der Waals surface area contributed by atoms with E-state index in [1.165, 1.54) is 5.56 Å². The Morgan fingerprint density at radius 1 is 1.06 bits per heavy atom. The van der Waals surface area contributed by atoms with Crippen LogP contribution in [0.25, 0.3) is 0 Å². The van der Waals surface area contributed by atoms with Gasteiger partial charge in [0, 0.05) is 25.5 Å². The highest BCUT2D eigenvalue weighted by Gasteiger charge is 2.22. The Morgan fingerprint density at radius 2 is 1.82 bits per heavy atom. The maximum atomic E-state index is 12.8. The van der Waals surface area contributed by atoms with E-state index in [-0.39, 0.29) is 18.2 Å². The molecule has 0 saturated carbocycles. The van der Waals surface area contributed by atoms with Crippen molar-refractivity contribution < 1.29 is 14.3 Å². The summed E-state index contributed by atoms with van der Waals surface area (Å²) in [6.45, 7) is 6.04. The summed E-state index contributed by atoms with van der Waals surface area (Å²) in [6.07, 6.45) is 5.43. The van der Waals surface area contributed by atoms with Crippen LogP contribution in [0.2, 0.25) is 0 Å². The van der Waals surface area contributed by atoms with Crippen LogP contribution in [0.1, 0.15) is 50.2 Å². The van der Waals surface area contributed by atoms with Crippen LogP contribution in [-0.2, 0) is 13.5 Å². The first kappa shape index (κ1) is 24.2. The molecule has 2 amide bonds. The summed E-state index contributed by atoms with van der Waals surface area (Å²) in [4.78, 5) is 17.3. The predicted molar refractivity (Wildman–Crippen MR) is 130 cm³/mol. The van der Waals surface area contributed by atoms with Crippen LogP contribution in [0.15, 0.2) is 60.9 Å². The van der Waals surface area contributed by atoms with Gasteiger partial charge in [-0.25, -0.2) is 9.78 Å². The number of hydrogen-bond acceptors (Lipinski definition) is 4. The summed E-state index contributed by atoms with van der Waals surface area (Å²) in [5.41, 5.74) is 2.11. The molecule has 0 aliphatic rings. The highest BCUT2D eigenvalue weighted by molar-refractivity contribution is 5.75. The Balaban J connectivity index is 1.60. The molecule has 0 saturated heterocycles. The number of ether oxygens (including phenoxy) is 2. The zero-order valence-corrected chi connectivity index (χ0v) is 20.0. The van der Waals surface area contributed by atoms with Gasteiger partial charge in [0.1, 0.15) is 23.4 Å². The van der Waals surface area contributed by atoms with E-state index >= 15 is 0 Å². The summed E-state index contributed by atoms with van der Waals surface area (Å²) < 4.78 is 13.0. The van der Waals surface area contributed by atoms with E-state index in [0.29, 0.717) is 0 Å². The van der Waals surface area contributed by atoms with Gasteiger partial charge in [-0.15, -0.1) is 0 Å². The van der Waals surface area contributed by atoms with E-state index in [1.807, 2.05) is 75.0 Å². The number of benzene rings is 2. The van der Waals surface area contributed by atoms with Crippen LogP contribution < -0.4 is 20.1 Å². The van der Waals surface area contributed by atoms with E-state index < -0.39 is 6.04 Å². The molecule has 0 bridgehead atoms. The second-order valence-electron chi connectivity index (χ2n) is 8.47. The fraction of sp³-hybridized carbons (Fsp3) is 0.385. The monoisotopic (exact) mass is 450 g/mol. The number of aryl methyl sites for hydroxylation is 2. The summed E-state index contributed by atoms with van der Waals surface area (Å²) in [5, 5.41) is 6.13. The quantitative estimate of drug-likeness (QED) is 0.472. The third-order valence-corrected chi connectivity index (χ3v) is 5.36. The number of amides is 2. The number of hydrogen-bond donors (Lipinski definition) is 2. The minimum atomic E-state index is -0.402. The SMILES string of the molecule is COc1cccc(C(NC(=O)NC(C)CCc2ccc(OC(C)C)cc2)c2nccn2C)c1. The molecule has 2 atom stereocenters. The number of nitrogens with zero attached hydrogens (tertiary/aromatic N) is 2. The van der Waals surface area contributed by atoms with Gasteiger partial charge in [-0.3, -0.25) is 0 Å². The van der Waals surface area contributed by atoms with Crippen LogP contribution in [-0.4, -0.2) is 34.8 Å². The summed E-state index contributed by atoms with van der Waals surface area (Å²) >= 11 is 0. The highest BCUT2D eigenvalue weighted by atomic mass is 16.5. The van der Waals surface area contributed by atoms with E-state index in [0.717, 1.165) is 35.7 Å². The van der Waals surface area contributed by atoms with Gasteiger partial charge in [0.2, 0.25) is 0 Å². The maximum absolute atomic E-state index is 12.8. The zero-order chi connectivity index (χ0) is 23.8. The average molecular weight is 451 g/mol. The maximum Gasteiger partial charge on any atom is 0.315 e. The standard InChI is InChI=1S/C26H34N4O3/c1-18(2)33-22-13-11-20(12-14-22)10-9-19(3)28-26(31)29-24(25-27-15-16-30(25)4)21-7-6-8-23(17-21)32-5/h6-8,11-19,24H,9-10H2,1-5H3,(H2,28,29,31). The van der Waals surface area contributed by atoms with Crippen LogP contribution in [0.5, 0.6) is 11.5 Å². The Hall–Kier alpha value is -3.48. The molecule has 2 unspecified atom stereocenters. The minimum absolute atomic E-state index is 0.00363. The van der Waals surface area contributed by atoms with Gasteiger partial charge in [0.25, 0.3) is 0 Å². The third-order valence-electron chi connectivity index (χ3n) is 5.36. The van der Waals surface area contributed by atoms with E-state index in [2.05, 4.69) is 27.8 Å². The molecule has 1 heterocycles. The molecular weight excluding hydrogens is 416 g/mol. The van der Waals surface area contributed by atoms with Gasteiger partial charge in [0.15, 0.2) is 0 Å². The van der Waals surface area contributed by atoms with Crippen LogP contribution in [0.3, 0.4) is 0 Å². The van der Waals surface area contributed by atoms with Gasteiger partial charge in [-0.05, 0) is 69.0 Å². The van der Waals surface area contributed by atoms with Gasteiger partial charge in [0.05, 0.1) is 13.2 Å². The lowest BCUT2D eigenvalue weighted by Crippen LogP contribution is -2.43. The minimum Gasteiger partial charge on any atom is -0.497 e. The molecule has 33 heavy (non-hydrogen) atoms. The first-order valence-electron chi connectivity index (χ1n) is 11.3. The van der Waals surface area contributed by atoms with Gasteiger partial charge >= 0.3 is 6.03 Å². The number of nitrogens with one attached hydrogen (secondary N) is 2. The second kappa shape index (κ2) is 11.4. The summed E-state index contributed by atoms with van der Waals surface area (Å²) in [6, 6.07) is 15.1. The topological polar surface area (TPSA) is 77.4 Å². The number of carbonyl (C=O) groups excluding carboxylic acids is 1. The number of methoxy groups -OCH3 is 1. The Morgan fingerprint density at radius 3 is 2.45 bits per heavy atom. The molecule has 3 aromatic rings.